The van der Waals surface area contributed by atoms with Crippen LogP contribution < -0.4 is 10.2 Å². The van der Waals surface area contributed by atoms with Crippen LogP contribution >= 0.6 is 0 Å². The topological polar surface area (TPSA) is 28.2 Å². The highest BCUT2D eigenvalue weighted by atomic mass is 15.1. The Kier molecular flexibility index (Phi) is 5.81. The van der Waals surface area contributed by atoms with Gasteiger partial charge in [0.2, 0.25) is 0 Å². The number of hydrogen-bond acceptors (Lipinski definition) is 3. The van der Waals surface area contributed by atoms with Crippen molar-refractivity contribution >= 4 is 11.5 Å². The summed E-state index contributed by atoms with van der Waals surface area (Å²) in [5.41, 5.74) is 1.11. The van der Waals surface area contributed by atoms with Gasteiger partial charge in [0.1, 0.15) is 5.82 Å². The minimum Gasteiger partial charge on any atom is -0.381 e. The maximum atomic E-state index is 4.39. The summed E-state index contributed by atoms with van der Waals surface area (Å²) >= 11 is 0. The molecule has 3 heteroatoms. The summed E-state index contributed by atoms with van der Waals surface area (Å²) in [5, 5.41) is 3.49. The average Bonchev–Trinajstić information content (AvgIpc) is 2.30. The molecule has 1 rings (SSSR count). The van der Waals surface area contributed by atoms with Crippen LogP contribution in [0.2, 0.25) is 0 Å². The fraction of sp³-hybridized carbons (Fsp3) is 0.643. The lowest BCUT2D eigenvalue weighted by atomic mass is 10.1. The molecule has 0 bridgehead atoms. The Morgan fingerprint density at radius 2 is 2.06 bits per heavy atom. The number of hydrogen-bond donors (Lipinski definition) is 1. The van der Waals surface area contributed by atoms with Gasteiger partial charge in [-0.3, -0.25) is 0 Å². The molecule has 1 atom stereocenters. The van der Waals surface area contributed by atoms with E-state index in [-0.39, 0.29) is 0 Å². The van der Waals surface area contributed by atoms with E-state index in [1.807, 2.05) is 31.3 Å². The van der Waals surface area contributed by atoms with Crippen molar-refractivity contribution in [1.82, 2.24) is 4.98 Å². The lowest BCUT2D eigenvalue weighted by Crippen LogP contribution is -2.15. The van der Waals surface area contributed by atoms with Gasteiger partial charge in [0, 0.05) is 20.1 Å². The molecule has 1 aromatic rings. The third kappa shape index (κ3) is 5.07. The van der Waals surface area contributed by atoms with Crippen LogP contribution in [0.4, 0.5) is 11.5 Å². The van der Waals surface area contributed by atoms with Gasteiger partial charge in [0.05, 0.1) is 11.9 Å². The number of aromatic nitrogens is 1. The molecule has 0 amide bonds. The number of anilines is 2. The van der Waals surface area contributed by atoms with Crippen LogP contribution in [0.5, 0.6) is 0 Å². The predicted molar refractivity (Wildman–Crippen MR) is 75.8 cm³/mol. The lowest BCUT2D eigenvalue weighted by Gasteiger charge is -2.16. The van der Waals surface area contributed by atoms with Crippen molar-refractivity contribution in [2.24, 2.45) is 0 Å². The molecule has 1 aromatic heterocycles. The van der Waals surface area contributed by atoms with Gasteiger partial charge >= 0.3 is 0 Å². The van der Waals surface area contributed by atoms with Crippen LogP contribution in [0.15, 0.2) is 18.3 Å². The van der Waals surface area contributed by atoms with Gasteiger partial charge in [-0.25, -0.2) is 4.98 Å². The molecule has 0 fully saturated rings. The van der Waals surface area contributed by atoms with Crippen LogP contribution in [0.25, 0.3) is 0 Å². The normalized spacial score (nSPS) is 12.2. The SMILES string of the molecule is CCCCCC(C)Nc1ccc(N(C)C)nc1. The lowest BCUT2D eigenvalue weighted by molar-refractivity contribution is 0.615. The number of nitrogens with zero attached hydrogens (tertiary/aromatic N) is 2. The monoisotopic (exact) mass is 235 g/mol. The molecule has 0 aromatic carbocycles. The van der Waals surface area contributed by atoms with Gasteiger partial charge in [0.25, 0.3) is 0 Å². The van der Waals surface area contributed by atoms with Gasteiger partial charge in [-0.1, -0.05) is 26.2 Å². The molecule has 0 saturated carbocycles. The van der Waals surface area contributed by atoms with Gasteiger partial charge in [-0.05, 0) is 25.5 Å². The van der Waals surface area contributed by atoms with E-state index in [1.165, 1.54) is 25.7 Å². The van der Waals surface area contributed by atoms with Gasteiger partial charge in [-0.15, -0.1) is 0 Å². The molecular weight excluding hydrogens is 210 g/mol. The number of pyridine rings is 1. The molecule has 1 N–H and O–H groups in total. The zero-order chi connectivity index (χ0) is 12.7. The molecule has 0 aliphatic heterocycles. The highest BCUT2D eigenvalue weighted by Crippen LogP contribution is 2.14. The van der Waals surface area contributed by atoms with Crippen LogP contribution in [-0.4, -0.2) is 25.1 Å². The van der Waals surface area contributed by atoms with Crippen molar-refractivity contribution in [3.63, 3.8) is 0 Å². The van der Waals surface area contributed by atoms with Crippen molar-refractivity contribution < 1.29 is 0 Å². The van der Waals surface area contributed by atoms with E-state index in [1.54, 1.807) is 0 Å². The Morgan fingerprint density at radius 1 is 1.29 bits per heavy atom. The number of rotatable bonds is 7. The van der Waals surface area contributed by atoms with E-state index < -0.39 is 0 Å². The molecule has 0 spiro atoms. The van der Waals surface area contributed by atoms with E-state index in [2.05, 4.69) is 30.2 Å². The zero-order valence-corrected chi connectivity index (χ0v) is 11.5. The minimum absolute atomic E-state index is 0.522. The Balaban J connectivity index is 2.40. The summed E-state index contributed by atoms with van der Waals surface area (Å²) < 4.78 is 0. The van der Waals surface area contributed by atoms with Gasteiger partial charge in [-0.2, -0.15) is 0 Å². The Hall–Kier alpha value is -1.25. The Bertz CT molecular complexity index is 306. The highest BCUT2D eigenvalue weighted by Gasteiger charge is 2.02. The smallest absolute Gasteiger partial charge is 0.128 e. The first kappa shape index (κ1) is 13.8. The molecule has 1 heterocycles. The summed E-state index contributed by atoms with van der Waals surface area (Å²) in [6, 6.07) is 4.66. The molecule has 0 aliphatic rings. The zero-order valence-electron chi connectivity index (χ0n) is 11.5. The van der Waals surface area contributed by atoms with Crippen LogP contribution in [0, 0.1) is 0 Å². The Labute approximate surface area is 105 Å². The van der Waals surface area contributed by atoms with Gasteiger partial charge < -0.3 is 10.2 Å². The van der Waals surface area contributed by atoms with E-state index in [4.69, 9.17) is 0 Å². The third-order valence-electron chi connectivity index (χ3n) is 2.86. The van der Waals surface area contributed by atoms with Crippen LogP contribution in [0.3, 0.4) is 0 Å². The first-order valence-corrected chi connectivity index (χ1v) is 6.53. The molecule has 17 heavy (non-hydrogen) atoms. The fourth-order valence-corrected chi connectivity index (χ4v) is 1.79. The quantitative estimate of drug-likeness (QED) is 0.733. The summed E-state index contributed by atoms with van der Waals surface area (Å²) in [7, 11) is 4.01. The second-order valence-electron chi connectivity index (χ2n) is 4.84. The maximum absolute atomic E-state index is 4.39. The van der Waals surface area contributed by atoms with Crippen molar-refractivity contribution in [2.75, 3.05) is 24.3 Å². The second-order valence-corrected chi connectivity index (χ2v) is 4.84. The largest absolute Gasteiger partial charge is 0.381 e. The molecule has 0 aliphatic carbocycles. The van der Waals surface area contributed by atoms with Crippen molar-refractivity contribution in [3.8, 4) is 0 Å². The fourth-order valence-electron chi connectivity index (χ4n) is 1.79. The molecule has 3 nitrogen and oxygen atoms in total. The molecule has 96 valence electrons. The van der Waals surface area contributed by atoms with E-state index >= 15 is 0 Å². The van der Waals surface area contributed by atoms with Crippen LogP contribution in [-0.2, 0) is 0 Å². The maximum Gasteiger partial charge on any atom is 0.128 e. The number of nitrogens with one attached hydrogen (secondary N) is 1. The second kappa shape index (κ2) is 7.15. The molecular formula is C14H25N3. The van der Waals surface area contributed by atoms with E-state index in [0.717, 1.165) is 11.5 Å². The van der Waals surface area contributed by atoms with Crippen molar-refractivity contribution in [3.05, 3.63) is 18.3 Å². The standard InChI is InChI=1S/C14H25N3/c1-5-6-7-8-12(2)16-13-9-10-14(15-11-13)17(3)4/h9-12,16H,5-8H2,1-4H3. The number of unbranched alkanes of at least 4 members (excludes halogenated alkanes) is 2. The molecule has 0 saturated heterocycles. The van der Waals surface area contributed by atoms with E-state index in [9.17, 15) is 0 Å². The van der Waals surface area contributed by atoms with Crippen LogP contribution in [0.1, 0.15) is 39.5 Å². The molecule has 0 radical (unpaired) electrons. The third-order valence-corrected chi connectivity index (χ3v) is 2.86. The first-order valence-electron chi connectivity index (χ1n) is 6.53. The summed E-state index contributed by atoms with van der Waals surface area (Å²) in [6.07, 6.45) is 7.04. The summed E-state index contributed by atoms with van der Waals surface area (Å²) in [6.45, 7) is 4.47. The van der Waals surface area contributed by atoms with Gasteiger partial charge in [0.15, 0.2) is 0 Å². The summed E-state index contributed by atoms with van der Waals surface area (Å²) in [5.74, 6) is 0.995. The minimum atomic E-state index is 0.522. The summed E-state index contributed by atoms with van der Waals surface area (Å²) in [4.78, 5) is 6.40. The van der Waals surface area contributed by atoms with Crippen molar-refractivity contribution in [1.29, 1.82) is 0 Å². The highest BCUT2D eigenvalue weighted by molar-refractivity contribution is 5.48. The Morgan fingerprint density at radius 3 is 2.59 bits per heavy atom. The van der Waals surface area contributed by atoms with Crippen molar-refractivity contribution in [2.45, 2.75) is 45.6 Å². The van der Waals surface area contributed by atoms with E-state index in [0.29, 0.717) is 6.04 Å². The first-order chi connectivity index (χ1) is 8.13. The molecule has 1 unspecified atom stereocenters. The average molecular weight is 235 g/mol. The predicted octanol–water partition coefficient (Wildman–Crippen LogP) is 3.53.